The molecule has 0 bridgehead atoms. The van der Waals surface area contributed by atoms with Gasteiger partial charge in [-0.1, -0.05) is 17.7 Å². The number of urea groups is 1. The predicted molar refractivity (Wildman–Crippen MR) is 112 cm³/mol. The predicted octanol–water partition coefficient (Wildman–Crippen LogP) is 2.28. The van der Waals surface area contributed by atoms with Gasteiger partial charge in [0, 0.05) is 43.3 Å². The standard InChI is InChI=1S/C21H23N3O5S/c1-15-2-8-19(9-3-15)30(27,28)29-14-16-12-23(13-16)17-4-6-18(7-5-17)24-11-10-20(25)22-21(24)26/h2-9,16H,10-14H2,1H3,(H,22,25,26). The van der Waals surface area contributed by atoms with Crippen LogP contribution in [0.15, 0.2) is 53.4 Å². The highest BCUT2D eigenvalue weighted by Gasteiger charge is 2.30. The van der Waals surface area contributed by atoms with Crippen molar-refractivity contribution < 1.29 is 22.2 Å². The maximum Gasteiger partial charge on any atom is 0.328 e. The number of aryl methyl sites for hydroxylation is 1. The number of imide groups is 1. The molecule has 0 saturated carbocycles. The Balaban J connectivity index is 1.29. The molecular formula is C21H23N3O5S. The Morgan fingerprint density at radius 1 is 1.00 bits per heavy atom. The van der Waals surface area contributed by atoms with Gasteiger partial charge in [0.05, 0.1) is 11.5 Å². The molecule has 9 heteroatoms. The lowest BCUT2D eigenvalue weighted by atomic mass is 10.0. The highest BCUT2D eigenvalue weighted by Crippen LogP contribution is 2.28. The second-order valence-electron chi connectivity index (χ2n) is 7.59. The van der Waals surface area contributed by atoms with E-state index in [1.807, 2.05) is 31.2 Å². The van der Waals surface area contributed by atoms with Crippen molar-refractivity contribution in [2.75, 3.05) is 36.0 Å². The minimum absolute atomic E-state index is 0.129. The van der Waals surface area contributed by atoms with Crippen LogP contribution in [0.25, 0.3) is 0 Å². The van der Waals surface area contributed by atoms with Crippen LogP contribution in [0.1, 0.15) is 12.0 Å². The number of hydrogen-bond acceptors (Lipinski definition) is 6. The molecule has 0 radical (unpaired) electrons. The van der Waals surface area contributed by atoms with Crippen LogP contribution in [0.3, 0.4) is 0 Å². The van der Waals surface area contributed by atoms with Gasteiger partial charge in [0.1, 0.15) is 0 Å². The van der Waals surface area contributed by atoms with Gasteiger partial charge in [-0.05, 0) is 43.3 Å². The van der Waals surface area contributed by atoms with Gasteiger partial charge in [0.25, 0.3) is 10.1 Å². The van der Waals surface area contributed by atoms with E-state index in [9.17, 15) is 18.0 Å². The third-order valence-electron chi connectivity index (χ3n) is 5.31. The average Bonchev–Trinajstić information content (AvgIpc) is 2.68. The molecule has 2 saturated heterocycles. The first-order valence-electron chi connectivity index (χ1n) is 9.74. The van der Waals surface area contributed by atoms with Crippen molar-refractivity contribution in [2.45, 2.75) is 18.2 Å². The summed E-state index contributed by atoms with van der Waals surface area (Å²) < 4.78 is 29.8. The Kier molecular flexibility index (Phi) is 5.48. The number of carbonyl (C=O) groups is 2. The molecule has 0 spiro atoms. The Morgan fingerprint density at radius 2 is 1.63 bits per heavy atom. The largest absolute Gasteiger partial charge is 0.371 e. The minimum atomic E-state index is -3.74. The number of nitrogens with one attached hydrogen (secondary N) is 1. The van der Waals surface area contributed by atoms with Crippen molar-refractivity contribution in [2.24, 2.45) is 5.92 Å². The first kappa shape index (κ1) is 20.4. The molecule has 158 valence electrons. The second kappa shape index (κ2) is 8.08. The molecule has 4 rings (SSSR count). The van der Waals surface area contributed by atoms with Crippen molar-refractivity contribution >= 4 is 33.4 Å². The average molecular weight is 429 g/mol. The summed E-state index contributed by atoms with van der Waals surface area (Å²) in [6.07, 6.45) is 0.285. The lowest BCUT2D eigenvalue weighted by Gasteiger charge is -2.41. The first-order valence-corrected chi connectivity index (χ1v) is 11.1. The van der Waals surface area contributed by atoms with Gasteiger partial charge in [0.2, 0.25) is 5.91 Å². The van der Waals surface area contributed by atoms with E-state index < -0.39 is 16.1 Å². The third-order valence-corrected chi connectivity index (χ3v) is 6.60. The topological polar surface area (TPSA) is 96.0 Å². The van der Waals surface area contributed by atoms with E-state index in [-0.39, 0.29) is 29.7 Å². The molecule has 2 heterocycles. The van der Waals surface area contributed by atoms with Crippen LogP contribution in [0, 0.1) is 12.8 Å². The molecule has 0 aliphatic carbocycles. The van der Waals surface area contributed by atoms with E-state index in [1.54, 1.807) is 24.3 Å². The van der Waals surface area contributed by atoms with E-state index in [1.165, 1.54) is 4.90 Å². The van der Waals surface area contributed by atoms with Gasteiger partial charge < -0.3 is 4.90 Å². The maximum absolute atomic E-state index is 12.3. The van der Waals surface area contributed by atoms with Gasteiger partial charge in [-0.15, -0.1) is 0 Å². The molecule has 30 heavy (non-hydrogen) atoms. The monoisotopic (exact) mass is 429 g/mol. The number of amides is 3. The normalized spacial score (nSPS) is 17.6. The van der Waals surface area contributed by atoms with Crippen molar-refractivity contribution in [3.63, 3.8) is 0 Å². The Labute approximate surface area is 175 Å². The number of carbonyl (C=O) groups excluding carboxylic acids is 2. The Hall–Kier alpha value is -2.91. The molecule has 2 aromatic carbocycles. The number of rotatable bonds is 6. The van der Waals surface area contributed by atoms with Gasteiger partial charge in [-0.2, -0.15) is 8.42 Å². The van der Waals surface area contributed by atoms with Crippen LogP contribution in [0.5, 0.6) is 0 Å². The van der Waals surface area contributed by atoms with E-state index in [0.29, 0.717) is 19.6 Å². The summed E-state index contributed by atoms with van der Waals surface area (Å²) >= 11 is 0. The molecule has 2 aliphatic rings. The quantitative estimate of drug-likeness (QED) is 0.708. The van der Waals surface area contributed by atoms with Gasteiger partial charge in [-0.25, -0.2) is 4.79 Å². The van der Waals surface area contributed by atoms with Crippen LogP contribution in [-0.4, -0.2) is 46.6 Å². The molecule has 2 fully saturated rings. The molecule has 0 aromatic heterocycles. The zero-order valence-electron chi connectivity index (χ0n) is 16.6. The summed E-state index contributed by atoms with van der Waals surface area (Å²) in [4.78, 5) is 27.0. The summed E-state index contributed by atoms with van der Waals surface area (Å²) in [5.74, 6) is -0.130. The number of hydrogen-bond donors (Lipinski definition) is 1. The van der Waals surface area contributed by atoms with E-state index in [2.05, 4.69) is 10.2 Å². The van der Waals surface area contributed by atoms with Crippen molar-refractivity contribution in [1.82, 2.24) is 5.32 Å². The molecule has 0 unspecified atom stereocenters. The number of benzene rings is 2. The summed E-state index contributed by atoms with van der Waals surface area (Å²) in [5, 5.41) is 2.31. The maximum atomic E-state index is 12.3. The van der Waals surface area contributed by atoms with Gasteiger partial charge in [-0.3, -0.25) is 19.2 Å². The highest BCUT2D eigenvalue weighted by molar-refractivity contribution is 7.86. The molecule has 2 aliphatic heterocycles. The summed E-state index contributed by atoms with van der Waals surface area (Å²) in [7, 11) is -3.74. The van der Waals surface area contributed by atoms with Crippen molar-refractivity contribution in [3.05, 3.63) is 54.1 Å². The first-order chi connectivity index (χ1) is 14.3. The highest BCUT2D eigenvalue weighted by atomic mass is 32.2. The third kappa shape index (κ3) is 4.31. The smallest absolute Gasteiger partial charge is 0.328 e. The Morgan fingerprint density at radius 3 is 2.27 bits per heavy atom. The fraction of sp³-hybridized carbons (Fsp3) is 0.333. The Bertz CT molecular complexity index is 1050. The number of nitrogens with zero attached hydrogens (tertiary/aromatic N) is 2. The van der Waals surface area contributed by atoms with Crippen LogP contribution < -0.4 is 15.1 Å². The molecular weight excluding hydrogens is 406 g/mol. The molecule has 1 N–H and O–H groups in total. The fourth-order valence-corrected chi connectivity index (χ4v) is 4.48. The van der Waals surface area contributed by atoms with Crippen molar-refractivity contribution in [1.29, 1.82) is 0 Å². The van der Waals surface area contributed by atoms with Crippen LogP contribution in [0.4, 0.5) is 16.2 Å². The van der Waals surface area contributed by atoms with E-state index in [4.69, 9.17) is 4.18 Å². The molecule has 8 nitrogen and oxygen atoms in total. The minimum Gasteiger partial charge on any atom is -0.371 e. The fourth-order valence-electron chi connectivity index (χ4n) is 3.50. The van der Waals surface area contributed by atoms with E-state index >= 15 is 0 Å². The zero-order valence-corrected chi connectivity index (χ0v) is 17.4. The zero-order chi connectivity index (χ0) is 21.3. The second-order valence-corrected chi connectivity index (χ2v) is 9.21. The summed E-state index contributed by atoms with van der Waals surface area (Å²) in [5.41, 5.74) is 2.71. The van der Waals surface area contributed by atoms with Crippen LogP contribution >= 0.6 is 0 Å². The summed E-state index contributed by atoms with van der Waals surface area (Å²) in [6, 6.07) is 13.7. The van der Waals surface area contributed by atoms with Gasteiger partial charge >= 0.3 is 6.03 Å². The lowest BCUT2D eigenvalue weighted by Crippen LogP contribution is -2.50. The SMILES string of the molecule is Cc1ccc(S(=O)(=O)OCC2CN(c3ccc(N4CCC(=O)NC4=O)cc3)C2)cc1. The van der Waals surface area contributed by atoms with E-state index in [0.717, 1.165) is 16.9 Å². The molecule has 0 atom stereocenters. The molecule has 3 amide bonds. The molecule has 2 aromatic rings. The lowest BCUT2D eigenvalue weighted by molar-refractivity contribution is -0.120. The van der Waals surface area contributed by atoms with Crippen molar-refractivity contribution in [3.8, 4) is 0 Å². The van der Waals surface area contributed by atoms with Gasteiger partial charge in [0.15, 0.2) is 0 Å². The number of anilines is 2. The van der Waals surface area contributed by atoms with Crippen LogP contribution in [-0.2, 0) is 19.1 Å². The summed E-state index contributed by atoms with van der Waals surface area (Å²) in [6.45, 7) is 3.80. The van der Waals surface area contributed by atoms with Crippen LogP contribution in [0.2, 0.25) is 0 Å².